The number of aliphatic hydroxyl groups is 1. The maximum absolute atomic E-state index is 12.8. The van der Waals surface area contributed by atoms with Gasteiger partial charge in [0.05, 0.1) is 12.3 Å². The summed E-state index contributed by atoms with van der Waals surface area (Å²) in [5, 5.41) is 12.1. The van der Waals surface area contributed by atoms with Crippen LogP contribution in [0.5, 0.6) is 0 Å². The van der Waals surface area contributed by atoms with Crippen molar-refractivity contribution in [2.75, 3.05) is 77.4 Å². The molecule has 0 aromatic heterocycles. The maximum Gasteiger partial charge on any atom is 0.411 e. The molecule has 0 aliphatic carbocycles. The third-order valence-corrected chi connectivity index (χ3v) is 7.91. The molecule has 2 N–H and O–H groups in total. The number of carbonyl (C=O) groups excluding carboxylic acids is 2. The fourth-order valence-corrected chi connectivity index (χ4v) is 5.59. The number of amides is 3. The van der Waals surface area contributed by atoms with E-state index in [0.717, 1.165) is 101 Å². The van der Waals surface area contributed by atoms with Crippen LogP contribution < -0.4 is 5.32 Å². The fraction of sp³-hybridized carbons (Fsp3) is 0.548. The molecular formula is C31H45N5O4. The molecule has 2 saturated heterocycles. The van der Waals surface area contributed by atoms with Crippen LogP contribution in [0.2, 0.25) is 0 Å². The molecule has 0 radical (unpaired) electrons. The Morgan fingerprint density at radius 2 is 1.60 bits per heavy atom. The van der Waals surface area contributed by atoms with Gasteiger partial charge in [-0.05, 0) is 56.9 Å². The van der Waals surface area contributed by atoms with Crippen molar-refractivity contribution in [3.63, 3.8) is 0 Å². The average Bonchev–Trinajstić information content (AvgIpc) is 3.33. The second-order valence-electron chi connectivity index (χ2n) is 10.6. The predicted octanol–water partition coefficient (Wildman–Crippen LogP) is 4.20. The lowest BCUT2D eigenvalue weighted by atomic mass is 10.0. The molecule has 40 heavy (non-hydrogen) atoms. The van der Waals surface area contributed by atoms with Crippen molar-refractivity contribution in [3.8, 4) is 11.1 Å². The number of hydrogen-bond acceptors (Lipinski definition) is 6. The molecule has 2 fully saturated rings. The molecule has 0 bridgehead atoms. The zero-order valence-electron chi connectivity index (χ0n) is 23.8. The highest BCUT2D eigenvalue weighted by Crippen LogP contribution is 2.28. The Morgan fingerprint density at radius 3 is 2.30 bits per heavy atom. The summed E-state index contributed by atoms with van der Waals surface area (Å²) in [5.74, 6) is 0. The van der Waals surface area contributed by atoms with E-state index in [1.165, 1.54) is 0 Å². The first-order chi connectivity index (χ1) is 19.6. The van der Waals surface area contributed by atoms with Crippen LogP contribution in [0.15, 0.2) is 54.6 Å². The summed E-state index contributed by atoms with van der Waals surface area (Å²) < 4.78 is 5.76. The van der Waals surface area contributed by atoms with E-state index in [4.69, 9.17) is 9.84 Å². The molecule has 218 valence electrons. The number of nitrogens with one attached hydrogen (secondary N) is 1. The highest BCUT2D eigenvalue weighted by Gasteiger charge is 2.28. The normalized spacial score (nSPS) is 16.6. The number of carbonyl (C=O) groups is 2. The van der Waals surface area contributed by atoms with Crippen LogP contribution in [0.25, 0.3) is 11.1 Å². The number of nitrogens with zero attached hydrogens (tertiary/aromatic N) is 4. The minimum Gasteiger partial charge on any atom is -0.446 e. The number of aliphatic hydroxyl groups excluding tert-OH is 1. The number of likely N-dealkylation sites (tertiary alicyclic amines) is 1. The van der Waals surface area contributed by atoms with Crippen LogP contribution in [0.3, 0.4) is 0 Å². The van der Waals surface area contributed by atoms with Crippen LogP contribution in [-0.2, 0) is 4.74 Å². The lowest BCUT2D eigenvalue weighted by Gasteiger charge is -2.32. The molecule has 0 unspecified atom stereocenters. The summed E-state index contributed by atoms with van der Waals surface area (Å²) in [7, 11) is 0. The SMILES string of the molecule is CCN(CCO)CCCN1CCN(CCCN2CCC(OC(=O)Nc3ccccc3-c3ccccc3)CC2)C1=O. The van der Waals surface area contributed by atoms with Crippen molar-refractivity contribution in [1.29, 1.82) is 0 Å². The molecule has 3 amide bonds. The second kappa shape index (κ2) is 15.6. The summed E-state index contributed by atoms with van der Waals surface area (Å²) >= 11 is 0. The highest BCUT2D eigenvalue weighted by molar-refractivity contribution is 5.91. The Bertz CT molecular complexity index is 1060. The van der Waals surface area contributed by atoms with E-state index >= 15 is 0 Å². The van der Waals surface area contributed by atoms with Gasteiger partial charge in [0.2, 0.25) is 0 Å². The highest BCUT2D eigenvalue weighted by atomic mass is 16.6. The number of likely N-dealkylation sites (N-methyl/N-ethyl adjacent to an activating group) is 1. The van der Waals surface area contributed by atoms with Crippen LogP contribution in [0.1, 0.15) is 32.6 Å². The maximum atomic E-state index is 12.8. The van der Waals surface area contributed by atoms with Crippen molar-refractivity contribution in [3.05, 3.63) is 54.6 Å². The fourth-order valence-electron chi connectivity index (χ4n) is 5.59. The van der Waals surface area contributed by atoms with Gasteiger partial charge in [-0.2, -0.15) is 0 Å². The van der Waals surface area contributed by atoms with E-state index in [0.29, 0.717) is 6.54 Å². The molecule has 2 aromatic carbocycles. The Kier molecular flexibility index (Phi) is 11.6. The third kappa shape index (κ3) is 8.68. The van der Waals surface area contributed by atoms with Crippen LogP contribution in [0.4, 0.5) is 15.3 Å². The molecule has 9 heteroatoms. The Balaban J connectivity index is 1.11. The van der Waals surface area contributed by atoms with E-state index in [2.05, 4.69) is 22.0 Å². The molecule has 9 nitrogen and oxygen atoms in total. The van der Waals surface area contributed by atoms with Gasteiger partial charge in [0, 0.05) is 51.4 Å². The van der Waals surface area contributed by atoms with E-state index < -0.39 is 6.09 Å². The van der Waals surface area contributed by atoms with Gasteiger partial charge in [0.15, 0.2) is 0 Å². The van der Waals surface area contributed by atoms with Crippen molar-refractivity contribution >= 4 is 17.8 Å². The lowest BCUT2D eigenvalue weighted by molar-refractivity contribution is 0.0581. The molecule has 0 atom stereocenters. The zero-order valence-corrected chi connectivity index (χ0v) is 23.8. The number of anilines is 1. The largest absolute Gasteiger partial charge is 0.446 e. The number of rotatable bonds is 14. The first-order valence-corrected chi connectivity index (χ1v) is 14.8. The first-order valence-electron chi connectivity index (χ1n) is 14.8. The molecule has 2 aliphatic heterocycles. The second-order valence-corrected chi connectivity index (χ2v) is 10.6. The summed E-state index contributed by atoms with van der Waals surface area (Å²) in [6.45, 7) is 10.7. The summed E-state index contributed by atoms with van der Waals surface area (Å²) in [6.07, 6.45) is 3.01. The number of ether oxygens (including phenoxy) is 1. The number of hydrogen-bond donors (Lipinski definition) is 2. The average molecular weight is 552 g/mol. The van der Waals surface area contributed by atoms with Gasteiger partial charge in [-0.3, -0.25) is 5.32 Å². The van der Waals surface area contributed by atoms with Crippen molar-refractivity contribution in [2.45, 2.75) is 38.7 Å². The summed E-state index contributed by atoms with van der Waals surface area (Å²) in [4.78, 5) is 34.0. The Morgan fingerprint density at radius 1 is 0.925 bits per heavy atom. The molecule has 2 aliphatic rings. The number of para-hydroxylation sites is 1. The van der Waals surface area contributed by atoms with Gasteiger partial charge >= 0.3 is 12.1 Å². The quantitative estimate of drug-likeness (QED) is 0.366. The van der Waals surface area contributed by atoms with Gasteiger partial charge in [-0.25, -0.2) is 9.59 Å². The molecule has 4 rings (SSSR count). The Hall–Kier alpha value is -3.14. The minimum absolute atomic E-state index is 0.0881. The predicted molar refractivity (Wildman–Crippen MR) is 158 cm³/mol. The summed E-state index contributed by atoms with van der Waals surface area (Å²) in [6, 6.07) is 17.9. The van der Waals surface area contributed by atoms with Crippen LogP contribution >= 0.6 is 0 Å². The molecule has 0 saturated carbocycles. The monoisotopic (exact) mass is 551 g/mol. The van der Waals surface area contributed by atoms with Crippen molar-refractivity contribution < 1.29 is 19.4 Å². The van der Waals surface area contributed by atoms with Gasteiger partial charge in [0.25, 0.3) is 0 Å². The number of urea groups is 1. The summed E-state index contributed by atoms with van der Waals surface area (Å²) in [5.41, 5.74) is 2.76. The molecule has 2 heterocycles. The van der Waals surface area contributed by atoms with E-state index in [9.17, 15) is 9.59 Å². The van der Waals surface area contributed by atoms with E-state index in [-0.39, 0.29) is 18.7 Å². The van der Waals surface area contributed by atoms with Gasteiger partial charge < -0.3 is 29.4 Å². The first kappa shape index (κ1) is 29.8. The number of benzene rings is 2. The van der Waals surface area contributed by atoms with Crippen molar-refractivity contribution in [2.24, 2.45) is 0 Å². The zero-order chi connectivity index (χ0) is 28.2. The van der Waals surface area contributed by atoms with Crippen LogP contribution in [0, 0.1) is 0 Å². The van der Waals surface area contributed by atoms with Crippen molar-refractivity contribution in [1.82, 2.24) is 19.6 Å². The van der Waals surface area contributed by atoms with Crippen LogP contribution in [-0.4, -0.2) is 115 Å². The van der Waals surface area contributed by atoms with E-state index in [1.54, 1.807) is 0 Å². The standard InChI is InChI=1S/C31H45N5O4/c1-2-33(24-25-37)16-8-18-35-22-23-36(31(35)39)19-9-17-34-20-14-27(15-21-34)40-30(38)32-29-13-7-6-12-28(29)26-10-4-3-5-11-26/h3-7,10-13,27,37H,2,8-9,14-25H2,1H3,(H,32,38). The van der Waals surface area contributed by atoms with E-state index in [1.807, 2.05) is 64.4 Å². The number of piperidine rings is 1. The van der Waals surface area contributed by atoms with Gasteiger partial charge in [0.1, 0.15) is 6.10 Å². The molecule has 0 spiro atoms. The minimum atomic E-state index is -0.408. The van der Waals surface area contributed by atoms with Gasteiger partial charge in [-0.1, -0.05) is 55.5 Å². The lowest BCUT2D eigenvalue weighted by Crippen LogP contribution is -2.40. The molecule has 2 aromatic rings. The topological polar surface area (TPSA) is 88.6 Å². The Labute approximate surface area is 238 Å². The third-order valence-electron chi connectivity index (χ3n) is 7.91. The molecular weight excluding hydrogens is 506 g/mol. The smallest absolute Gasteiger partial charge is 0.411 e. The van der Waals surface area contributed by atoms with Gasteiger partial charge in [-0.15, -0.1) is 0 Å².